The van der Waals surface area contributed by atoms with Crippen molar-refractivity contribution in [1.82, 2.24) is 4.98 Å². The smallest absolute Gasteiger partial charge is 0.340 e. The Kier molecular flexibility index (Phi) is 5.38. The summed E-state index contributed by atoms with van der Waals surface area (Å²) in [5, 5.41) is 22.1. The van der Waals surface area contributed by atoms with Gasteiger partial charge in [0, 0.05) is 10.9 Å². The lowest BCUT2D eigenvalue weighted by atomic mass is 10.0. The number of nitro benzene ring substituents is 1. The first-order valence-corrected chi connectivity index (χ1v) is 9.15. The van der Waals surface area contributed by atoms with Crippen molar-refractivity contribution >= 4 is 34.3 Å². The number of rotatable bonds is 6. The van der Waals surface area contributed by atoms with Crippen molar-refractivity contribution in [3.63, 3.8) is 0 Å². The number of thioether (sulfide) groups is 1. The largest absolute Gasteiger partial charge is 0.490 e. The number of nitrogens with zero attached hydrogens (tertiary/aromatic N) is 2. The lowest BCUT2D eigenvalue weighted by molar-refractivity contribution is -0.384. The summed E-state index contributed by atoms with van der Waals surface area (Å²) >= 11 is 1.02. The van der Waals surface area contributed by atoms with Gasteiger partial charge in [-0.05, 0) is 26.0 Å². The number of nitro groups is 1. The molecule has 0 aliphatic carbocycles. The summed E-state index contributed by atoms with van der Waals surface area (Å²) in [5.74, 6) is -0.351. The molecule has 1 N–H and O–H groups in total. The molecule has 0 radical (unpaired) electrons. The highest BCUT2D eigenvalue weighted by atomic mass is 32.2. The predicted molar refractivity (Wildman–Crippen MR) is 97.4 cm³/mol. The van der Waals surface area contributed by atoms with Crippen LogP contribution in [0.4, 0.5) is 5.69 Å². The molecule has 0 unspecified atom stereocenters. The maximum Gasteiger partial charge on any atom is 0.340 e. The lowest BCUT2D eigenvalue weighted by Crippen LogP contribution is -2.22. The third-order valence-corrected chi connectivity index (χ3v) is 5.30. The molecule has 1 aromatic heterocycles. The van der Waals surface area contributed by atoms with Crippen LogP contribution in [-0.4, -0.2) is 46.6 Å². The number of pyridine rings is 1. The van der Waals surface area contributed by atoms with Gasteiger partial charge in [-0.15, -0.1) is 0 Å². The molecule has 0 spiro atoms. The van der Waals surface area contributed by atoms with Crippen LogP contribution in [0.25, 0.3) is 10.9 Å². The molecule has 0 fully saturated rings. The Morgan fingerprint density at radius 2 is 2.04 bits per heavy atom. The minimum absolute atomic E-state index is 0.0114. The minimum atomic E-state index is -1.12. The van der Waals surface area contributed by atoms with Gasteiger partial charge in [0.05, 0.1) is 25.2 Å². The number of carbonyl (C=O) groups is 1. The Morgan fingerprint density at radius 1 is 1.33 bits per heavy atom. The Morgan fingerprint density at radius 3 is 2.63 bits per heavy atom. The summed E-state index contributed by atoms with van der Waals surface area (Å²) in [6.07, 6.45) is -1.12. The fourth-order valence-electron chi connectivity index (χ4n) is 2.92. The summed E-state index contributed by atoms with van der Waals surface area (Å²) in [7, 11) is 1.23. The average molecular weight is 394 g/mol. The van der Waals surface area contributed by atoms with Crippen molar-refractivity contribution < 1.29 is 29.0 Å². The summed E-state index contributed by atoms with van der Waals surface area (Å²) in [5.41, 5.74) is 0.219. The van der Waals surface area contributed by atoms with Crippen molar-refractivity contribution in [3.05, 3.63) is 27.8 Å². The summed E-state index contributed by atoms with van der Waals surface area (Å²) in [4.78, 5) is 27.4. The Hall–Kier alpha value is -2.59. The van der Waals surface area contributed by atoms with Gasteiger partial charge in [-0.3, -0.25) is 14.9 Å². The number of hydrogen-bond acceptors (Lipinski definition) is 9. The third kappa shape index (κ3) is 3.26. The molecule has 0 saturated carbocycles. The number of fused-ring (bicyclic) bond motifs is 2. The highest BCUT2D eigenvalue weighted by Crippen LogP contribution is 2.48. The monoisotopic (exact) mass is 394 g/mol. The Balaban J connectivity index is 2.25. The van der Waals surface area contributed by atoms with Gasteiger partial charge in [0.15, 0.2) is 11.3 Å². The molecule has 2 aromatic rings. The van der Waals surface area contributed by atoms with E-state index >= 15 is 0 Å². The molecule has 27 heavy (non-hydrogen) atoms. The van der Waals surface area contributed by atoms with E-state index in [0.29, 0.717) is 22.6 Å². The number of carbonyl (C=O) groups excluding carboxylic acids is 1. The van der Waals surface area contributed by atoms with E-state index in [1.165, 1.54) is 7.11 Å². The summed E-state index contributed by atoms with van der Waals surface area (Å²) in [6, 6.07) is 3.18. The molecule has 144 valence electrons. The molecule has 9 nitrogen and oxygen atoms in total. The number of aliphatic hydroxyl groups is 1. The van der Waals surface area contributed by atoms with Crippen molar-refractivity contribution in [2.24, 2.45) is 0 Å². The number of aromatic nitrogens is 1. The molecule has 3 rings (SSSR count). The summed E-state index contributed by atoms with van der Waals surface area (Å²) in [6.45, 7) is 3.99. The molecule has 0 amide bonds. The Bertz CT molecular complexity index is 918. The molecular formula is C17H18N2O7S. The second kappa shape index (κ2) is 7.57. The van der Waals surface area contributed by atoms with Crippen LogP contribution in [0.3, 0.4) is 0 Å². The third-order valence-electron chi connectivity index (χ3n) is 4.04. The van der Waals surface area contributed by atoms with Gasteiger partial charge in [-0.2, -0.15) is 0 Å². The van der Waals surface area contributed by atoms with E-state index in [0.717, 1.165) is 11.8 Å². The van der Waals surface area contributed by atoms with Crippen molar-refractivity contribution in [3.8, 4) is 11.5 Å². The van der Waals surface area contributed by atoms with E-state index < -0.39 is 22.2 Å². The van der Waals surface area contributed by atoms with Crippen LogP contribution < -0.4 is 9.47 Å². The number of ether oxygens (including phenoxy) is 3. The fraction of sp³-hybridized carbons (Fsp3) is 0.412. The van der Waals surface area contributed by atoms with Crippen LogP contribution >= 0.6 is 11.8 Å². The quantitative estimate of drug-likeness (QED) is 0.447. The van der Waals surface area contributed by atoms with E-state index in [2.05, 4.69) is 4.98 Å². The van der Waals surface area contributed by atoms with Gasteiger partial charge >= 0.3 is 11.7 Å². The molecular weight excluding hydrogens is 376 g/mol. The number of benzene rings is 1. The zero-order valence-electron chi connectivity index (χ0n) is 14.9. The number of esters is 1. The predicted octanol–water partition coefficient (Wildman–Crippen LogP) is 2.62. The first-order valence-electron chi connectivity index (χ1n) is 8.27. The molecule has 1 aliphatic rings. The number of aliphatic hydroxyl groups excluding tert-OH is 1. The van der Waals surface area contributed by atoms with E-state index in [9.17, 15) is 20.0 Å². The molecule has 0 saturated heterocycles. The fourth-order valence-corrected chi connectivity index (χ4v) is 4.09. The van der Waals surface area contributed by atoms with Gasteiger partial charge in [-0.25, -0.2) is 4.98 Å². The van der Waals surface area contributed by atoms with E-state index in [4.69, 9.17) is 14.2 Å². The second-order valence-electron chi connectivity index (χ2n) is 5.64. The molecule has 1 aliphatic heterocycles. The van der Waals surface area contributed by atoms with Crippen molar-refractivity contribution in [2.45, 2.75) is 30.2 Å². The number of hydrogen-bond donors (Lipinski definition) is 1. The topological polar surface area (TPSA) is 121 Å². The van der Waals surface area contributed by atoms with Crippen LogP contribution in [0.1, 0.15) is 25.5 Å². The van der Waals surface area contributed by atoms with Crippen LogP contribution in [-0.2, 0) is 9.53 Å². The maximum absolute atomic E-state index is 11.9. The highest BCUT2D eigenvalue weighted by Gasteiger charge is 2.40. The molecule has 2 heterocycles. The van der Waals surface area contributed by atoms with E-state index in [-0.39, 0.29) is 29.3 Å². The second-order valence-corrected chi connectivity index (χ2v) is 6.77. The standard InChI is InChI=1S/C17H18N2O7S/c1-4-25-10-7-8-6-9-13(20)15(17(21)24-3)27-16(9)18-11(8)12(19(22)23)14(10)26-5-2/h6-7,13,15,20H,4-5H2,1-3H3/t13-,15-/m0/s1. The van der Waals surface area contributed by atoms with E-state index in [1.807, 2.05) is 0 Å². The molecule has 1 aromatic carbocycles. The SMILES string of the molecule is CCOc1cc2cc3c(nc2c([N+](=O)[O-])c1OCC)S[C@H](C(=O)OC)[C@H]3O. The lowest BCUT2D eigenvalue weighted by Gasteiger charge is -2.14. The first-order chi connectivity index (χ1) is 12.9. The van der Waals surface area contributed by atoms with Crippen molar-refractivity contribution in [1.29, 1.82) is 0 Å². The van der Waals surface area contributed by atoms with Crippen LogP contribution in [0.5, 0.6) is 11.5 Å². The number of methoxy groups -OCH3 is 1. The Labute approximate surface area is 158 Å². The van der Waals surface area contributed by atoms with Crippen LogP contribution in [0, 0.1) is 10.1 Å². The van der Waals surface area contributed by atoms with Crippen LogP contribution in [0.15, 0.2) is 17.2 Å². The average Bonchev–Trinajstić information content (AvgIpc) is 2.96. The summed E-state index contributed by atoms with van der Waals surface area (Å²) < 4.78 is 15.7. The maximum atomic E-state index is 11.9. The van der Waals surface area contributed by atoms with Gasteiger partial charge in [0.25, 0.3) is 0 Å². The highest BCUT2D eigenvalue weighted by molar-refractivity contribution is 8.00. The minimum Gasteiger partial charge on any atom is -0.490 e. The molecule has 0 bridgehead atoms. The first kappa shape index (κ1) is 19.2. The zero-order chi connectivity index (χ0) is 19.7. The van der Waals surface area contributed by atoms with Gasteiger partial charge in [0.2, 0.25) is 5.75 Å². The van der Waals surface area contributed by atoms with Gasteiger partial charge < -0.3 is 19.3 Å². The zero-order valence-corrected chi connectivity index (χ0v) is 15.7. The van der Waals surface area contributed by atoms with Crippen molar-refractivity contribution in [2.75, 3.05) is 20.3 Å². The molecule has 10 heteroatoms. The molecule has 2 atom stereocenters. The van der Waals surface area contributed by atoms with Gasteiger partial charge in [-0.1, -0.05) is 11.8 Å². The normalized spacial score (nSPS) is 18.2. The van der Waals surface area contributed by atoms with Gasteiger partial charge in [0.1, 0.15) is 16.4 Å². The van der Waals surface area contributed by atoms with E-state index in [1.54, 1.807) is 26.0 Å². The van der Waals surface area contributed by atoms with Crippen LogP contribution in [0.2, 0.25) is 0 Å².